The highest BCUT2D eigenvalue weighted by Gasteiger charge is 2.15. The highest BCUT2D eigenvalue weighted by atomic mass is 19.1. The molecule has 0 unspecified atom stereocenters. The molecular weight excluding hydrogens is 209 g/mol. The Kier molecular flexibility index (Phi) is 4.25. The Hall–Kier alpha value is -1.62. The van der Waals surface area contributed by atoms with Gasteiger partial charge < -0.3 is 16.0 Å². The van der Waals surface area contributed by atoms with Gasteiger partial charge in [0.05, 0.1) is 5.56 Å². The Balaban J connectivity index is 2.79. The van der Waals surface area contributed by atoms with Crippen LogP contribution in [0.25, 0.3) is 0 Å². The van der Waals surface area contributed by atoms with Crippen molar-refractivity contribution in [1.29, 1.82) is 0 Å². The summed E-state index contributed by atoms with van der Waals surface area (Å²) >= 11 is 0. The summed E-state index contributed by atoms with van der Waals surface area (Å²) in [5.41, 5.74) is 5.77. The number of anilines is 1. The predicted octanol–water partition coefficient (Wildman–Crippen LogP) is 0.699. The Morgan fingerprint density at radius 2 is 2.25 bits per heavy atom. The molecule has 1 aromatic rings. The van der Waals surface area contributed by atoms with E-state index >= 15 is 0 Å². The van der Waals surface area contributed by atoms with Crippen molar-refractivity contribution >= 4 is 11.6 Å². The summed E-state index contributed by atoms with van der Waals surface area (Å²) in [5, 5.41) is 2.92. The van der Waals surface area contributed by atoms with Gasteiger partial charge >= 0.3 is 0 Å². The minimum atomic E-state index is -0.582. The molecule has 88 valence electrons. The molecule has 0 atom stereocenters. The summed E-state index contributed by atoms with van der Waals surface area (Å²) in [6.45, 7) is 1.19. The first-order valence-electron chi connectivity index (χ1n) is 5.01. The molecule has 1 aromatic carbocycles. The molecule has 0 radical (unpaired) electrons. The van der Waals surface area contributed by atoms with Crippen LogP contribution in [0.15, 0.2) is 18.2 Å². The van der Waals surface area contributed by atoms with Crippen molar-refractivity contribution in [3.8, 4) is 0 Å². The molecule has 5 heteroatoms. The van der Waals surface area contributed by atoms with Gasteiger partial charge in [0, 0.05) is 25.8 Å². The van der Waals surface area contributed by atoms with Gasteiger partial charge in [-0.25, -0.2) is 4.39 Å². The van der Waals surface area contributed by atoms with Crippen LogP contribution in [0.1, 0.15) is 10.4 Å². The average molecular weight is 225 g/mol. The lowest BCUT2D eigenvalue weighted by Crippen LogP contribution is -2.33. The minimum Gasteiger partial charge on any atom is -0.399 e. The summed E-state index contributed by atoms with van der Waals surface area (Å²) in [5.74, 6) is -0.922. The first kappa shape index (κ1) is 12.4. The number of hydrogen-bond acceptors (Lipinski definition) is 3. The van der Waals surface area contributed by atoms with E-state index in [1.165, 1.54) is 17.0 Å². The number of amides is 1. The van der Waals surface area contributed by atoms with Crippen LogP contribution in [0.2, 0.25) is 0 Å². The number of nitrogens with two attached hydrogens (primary N) is 1. The number of benzene rings is 1. The normalized spacial score (nSPS) is 10.2. The van der Waals surface area contributed by atoms with E-state index in [0.29, 0.717) is 18.8 Å². The maximum absolute atomic E-state index is 13.4. The minimum absolute atomic E-state index is 0.0489. The van der Waals surface area contributed by atoms with Gasteiger partial charge in [-0.3, -0.25) is 4.79 Å². The van der Waals surface area contributed by atoms with E-state index in [9.17, 15) is 9.18 Å². The van der Waals surface area contributed by atoms with Crippen LogP contribution in [0.3, 0.4) is 0 Å². The van der Waals surface area contributed by atoms with Crippen molar-refractivity contribution in [1.82, 2.24) is 10.2 Å². The fourth-order valence-electron chi connectivity index (χ4n) is 1.29. The first-order chi connectivity index (χ1) is 7.56. The third-order valence-corrected chi connectivity index (χ3v) is 2.27. The van der Waals surface area contributed by atoms with Gasteiger partial charge in [-0.2, -0.15) is 0 Å². The van der Waals surface area contributed by atoms with Crippen LogP contribution in [0.4, 0.5) is 10.1 Å². The smallest absolute Gasteiger partial charge is 0.256 e. The van der Waals surface area contributed by atoms with Crippen molar-refractivity contribution in [3.05, 3.63) is 29.6 Å². The van der Waals surface area contributed by atoms with Gasteiger partial charge in [0.1, 0.15) is 5.82 Å². The quantitative estimate of drug-likeness (QED) is 0.742. The zero-order chi connectivity index (χ0) is 12.1. The monoisotopic (exact) mass is 225 g/mol. The number of nitrogens with one attached hydrogen (secondary N) is 1. The molecule has 0 spiro atoms. The Bertz CT molecular complexity index is 381. The number of hydrogen-bond donors (Lipinski definition) is 2. The zero-order valence-electron chi connectivity index (χ0n) is 9.46. The van der Waals surface area contributed by atoms with Crippen molar-refractivity contribution in [2.24, 2.45) is 0 Å². The van der Waals surface area contributed by atoms with E-state index < -0.39 is 5.82 Å². The fourth-order valence-corrected chi connectivity index (χ4v) is 1.29. The van der Waals surface area contributed by atoms with Crippen LogP contribution >= 0.6 is 0 Å². The van der Waals surface area contributed by atoms with Gasteiger partial charge in [0.25, 0.3) is 5.91 Å². The van der Waals surface area contributed by atoms with Gasteiger partial charge in [0.15, 0.2) is 0 Å². The summed E-state index contributed by atoms with van der Waals surface area (Å²) in [7, 11) is 3.43. The second kappa shape index (κ2) is 5.46. The summed E-state index contributed by atoms with van der Waals surface area (Å²) in [6, 6.07) is 4.07. The third-order valence-electron chi connectivity index (χ3n) is 2.27. The highest BCUT2D eigenvalue weighted by Crippen LogP contribution is 2.13. The third kappa shape index (κ3) is 2.93. The summed E-state index contributed by atoms with van der Waals surface area (Å²) in [4.78, 5) is 13.3. The number of nitrogen functional groups attached to an aromatic ring is 1. The van der Waals surface area contributed by atoms with Crippen LogP contribution in [-0.4, -0.2) is 38.0 Å². The molecule has 0 saturated heterocycles. The van der Waals surface area contributed by atoms with E-state index in [1.807, 2.05) is 0 Å². The second-order valence-corrected chi connectivity index (χ2v) is 3.57. The summed E-state index contributed by atoms with van der Waals surface area (Å²) < 4.78 is 13.4. The molecule has 4 nitrogen and oxygen atoms in total. The molecule has 1 amide bonds. The molecule has 0 fully saturated rings. The lowest BCUT2D eigenvalue weighted by molar-refractivity contribution is 0.0792. The van der Waals surface area contributed by atoms with E-state index in [2.05, 4.69) is 5.32 Å². The number of nitrogens with zero attached hydrogens (tertiary/aromatic N) is 1. The highest BCUT2D eigenvalue weighted by molar-refractivity contribution is 5.94. The molecule has 3 N–H and O–H groups in total. The Morgan fingerprint density at radius 1 is 1.56 bits per heavy atom. The van der Waals surface area contributed by atoms with Crippen LogP contribution < -0.4 is 11.1 Å². The summed E-state index contributed by atoms with van der Waals surface area (Å²) in [6.07, 6.45) is 0. The molecule has 0 aliphatic carbocycles. The van der Waals surface area contributed by atoms with E-state index in [4.69, 9.17) is 5.73 Å². The Labute approximate surface area is 94.2 Å². The Morgan fingerprint density at radius 3 is 2.81 bits per heavy atom. The number of likely N-dealkylation sites (N-methyl/N-ethyl adjacent to an activating group) is 2. The zero-order valence-corrected chi connectivity index (χ0v) is 9.46. The SMILES string of the molecule is CNCCN(C)C(=O)c1ccc(N)cc1F. The molecule has 0 heterocycles. The average Bonchev–Trinajstić information content (AvgIpc) is 2.25. The van der Waals surface area contributed by atoms with E-state index in [1.54, 1.807) is 14.1 Å². The predicted molar refractivity (Wildman–Crippen MR) is 61.7 cm³/mol. The first-order valence-corrected chi connectivity index (χ1v) is 5.01. The second-order valence-electron chi connectivity index (χ2n) is 3.57. The van der Waals surface area contributed by atoms with Gasteiger partial charge in [-0.1, -0.05) is 0 Å². The molecule has 16 heavy (non-hydrogen) atoms. The molecule has 0 saturated carbocycles. The van der Waals surface area contributed by atoms with E-state index in [0.717, 1.165) is 6.07 Å². The van der Waals surface area contributed by atoms with Crippen molar-refractivity contribution in [2.45, 2.75) is 0 Å². The van der Waals surface area contributed by atoms with Crippen LogP contribution in [-0.2, 0) is 0 Å². The maximum atomic E-state index is 13.4. The largest absolute Gasteiger partial charge is 0.399 e. The molecular formula is C11H16FN3O. The number of rotatable bonds is 4. The topological polar surface area (TPSA) is 58.4 Å². The maximum Gasteiger partial charge on any atom is 0.256 e. The van der Waals surface area contributed by atoms with Gasteiger partial charge in [0.2, 0.25) is 0 Å². The standard InChI is InChI=1S/C11H16FN3O/c1-14-5-6-15(2)11(16)9-4-3-8(13)7-10(9)12/h3-4,7,14H,5-6,13H2,1-2H3. The molecule has 0 bridgehead atoms. The molecule has 1 rings (SSSR count). The number of carbonyl (C=O) groups excluding carboxylic acids is 1. The van der Waals surface area contributed by atoms with Crippen molar-refractivity contribution in [2.75, 3.05) is 32.9 Å². The van der Waals surface area contributed by atoms with E-state index in [-0.39, 0.29) is 11.5 Å². The lowest BCUT2D eigenvalue weighted by Gasteiger charge is -2.17. The van der Waals surface area contributed by atoms with Crippen molar-refractivity contribution < 1.29 is 9.18 Å². The molecule has 0 aromatic heterocycles. The van der Waals surface area contributed by atoms with Crippen LogP contribution in [0.5, 0.6) is 0 Å². The fraction of sp³-hybridized carbons (Fsp3) is 0.364. The molecule has 0 aliphatic heterocycles. The lowest BCUT2D eigenvalue weighted by atomic mass is 10.1. The van der Waals surface area contributed by atoms with Gasteiger partial charge in [-0.15, -0.1) is 0 Å². The number of halogens is 1. The van der Waals surface area contributed by atoms with Crippen LogP contribution in [0, 0.1) is 5.82 Å². The molecule has 0 aliphatic rings. The van der Waals surface area contributed by atoms with Gasteiger partial charge in [-0.05, 0) is 25.2 Å². The number of carbonyl (C=O) groups is 1. The van der Waals surface area contributed by atoms with Crippen molar-refractivity contribution in [3.63, 3.8) is 0 Å².